The second-order valence-corrected chi connectivity index (χ2v) is 10.3. The lowest BCUT2D eigenvalue weighted by Gasteiger charge is -2.29. The summed E-state index contributed by atoms with van der Waals surface area (Å²) in [6.07, 6.45) is 0.563. The van der Waals surface area contributed by atoms with Crippen molar-refractivity contribution < 1.29 is 15.3 Å². The molecule has 4 aromatic carbocycles. The average Bonchev–Trinajstić information content (AvgIpc) is 2.83. The van der Waals surface area contributed by atoms with Crippen LogP contribution in [0.2, 0.25) is 0 Å². The maximum Gasteiger partial charge on any atom is 0.122 e. The third kappa shape index (κ3) is 4.97. The molecule has 3 N–H and O–H groups in total. The molecule has 1 atom stereocenters. The van der Waals surface area contributed by atoms with E-state index in [4.69, 9.17) is 0 Å². The molecule has 186 valence electrons. The molecule has 0 aliphatic carbocycles. The molecule has 0 bridgehead atoms. The van der Waals surface area contributed by atoms with Crippen LogP contribution in [0.4, 0.5) is 0 Å². The van der Waals surface area contributed by atoms with Crippen molar-refractivity contribution in [1.29, 1.82) is 0 Å². The highest BCUT2D eigenvalue weighted by atomic mass is 16.3. The molecule has 0 aromatic heterocycles. The molecule has 0 saturated heterocycles. The number of rotatable bonds is 6. The summed E-state index contributed by atoms with van der Waals surface area (Å²) in [4.78, 5) is 0. The second kappa shape index (κ2) is 10.1. The van der Waals surface area contributed by atoms with Crippen molar-refractivity contribution in [3.05, 3.63) is 122 Å². The van der Waals surface area contributed by atoms with Gasteiger partial charge < -0.3 is 15.3 Å². The van der Waals surface area contributed by atoms with Crippen LogP contribution >= 0.6 is 0 Å². The Kier molecular flexibility index (Phi) is 7.12. The zero-order valence-electron chi connectivity index (χ0n) is 22.1. The van der Waals surface area contributed by atoms with Crippen LogP contribution in [-0.2, 0) is 0 Å². The lowest BCUT2D eigenvalue weighted by molar-refractivity contribution is 0.439. The fraction of sp³-hybridized carbons (Fsp3) is 0.273. The van der Waals surface area contributed by atoms with E-state index in [2.05, 4.69) is 18.2 Å². The van der Waals surface area contributed by atoms with Gasteiger partial charge in [-0.1, -0.05) is 83.4 Å². The standard InChI is InChI=1S/C33H36O3/c1-19-12-22(4)31(34)28(15-19)26(25-10-8-7-9-11-25)18-27(29-16-20(2)13-23(5)32(29)35)30-17-21(3)14-24(6)33(30)36/h7-17,26-27,34-36H,18H2,1-6H3. The first-order chi connectivity index (χ1) is 17.1. The summed E-state index contributed by atoms with van der Waals surface area (Å²) in [5.41, 5.74) is 9.17. The number of aromatic hydroxyl groups is 3. The predicted octanol–water partition coefficient (Wildman–Crippen LogP) is 8.01. The molecule has 4 aromatic rings. The quantitative estimate of drug-likeness (QED) is 0.262. The van der Waals surface area contributed by atoms with Gasteiger partial charge in [-0.3, -0.25) is 0 Å². The summed E-state index contributed by atoms with van der Waals surface area (Å²) in [7, 11) is 0. The lowest BCUT2D eigenvalue weighted by atomic mass is 9.76. The third-order valence-corrected chi connectivity index (χ3v) is 7.22. The summed E-state index contributed by atoms with van der Waals surface area (Å²) < 4.78 is 0. The molecule has 0 heterocycles. The van der Waals surface area contributed by atoms with Crippen molar-refractivity contribution >= 4 is 0 Å². The minimum atomic E-state index is -0.298. The van der Waals surface area contributed by atoms with E-state index in [9.17, 15) is 15.3 Å². The van der Waals surface area contributed by atoms with E-state index in [0.29, 0.717) is 12.2 Å². The molecule has 0 radical (unpaired) electrons. The number of hydrogen-bond acceptors (Lipinski definition) is 3. The normalized spacial score (nSPS) is 12.2. The Morgan fingerprint density at radius 2 is 0.861 bits per heavy atom. The smallest absolute Gasteiger partial charge is 0.122 e. The van der Waals surface area contributed by atoms with Gasteiger partial charge in [-0.15, -0.1) is 0 Å². The second-order valence-electron chi connectivity index (χ2n) is 10.3. The first-order valence-electron chi connectivity index (χ1n) is 12.5. The van der Waals surface area contributed by atoms with Gasteiger partial charge in [0.15, 0.2) is 0 Å². The number of hydrogen-bond donors (Lipinski definition) is 3. The molecule has 3 heteroatoms. The molecule has 1 unspecified atom stereocenters. The third-order valence-electron chi connectivity index (χ3n) is 7.22. The SMILES string of the molecule is Cc1cc(C)c(O)c(C(CC(c2cc(C)cc(C)c2O)c2cc(C)cc(C)c2O)c2ccccc2)c1. The van der Waals surface area contributed by atoms with E-state index >= 15 is 0 Å². The summed E-state index contributed by atoms with van der Waals surface area (Å²) >= 11 is 0. The number of aryl methyl sites for hydroxylation is 6. The first kappa shape index (κ1) is 25.4. The van der Waals surface area contributed by atoms with Crippen LogP contribution in [0, 0.1) is 41.5 Å². The van der Waals surface area contributed by atoms with Gasteiger partial charge in [0.2, 0.25) is 0 Å². The van der Waals surface area contributed by atoms with Gasteiger partial charge in [-0.2, -0.15) is 0 Å². The Labute approximate surface area is 214 Å². The van der Waals surface area contributed by atoms with Crippen LogP contribution in [0.15, 0.2) is 66.7 Å². The van der Waals surface area contributed by atoms with Crippen LogP contribution in [0.1, 0.15) is 73.9 Å². The van der Waals surface area contributed by atoms with Crippen LogP contribution in [0.3, 0.4) is 0 Å². The largest absolute Gasteiger partial charge is 0.507 e. The van der Waals surface area contributed by atoms with Crippen LogP contribution in [0.5, 0.6) is 17.2 Å². The topological polar surface area (TPSA) is 60.7 Å². The Balaban J connectivity index is 1.99. The molecule has 36 heavy (non-hydrogen) atoms. The van der Waals surface area contributed by atoms with Gasteiger partial charge in [-0.05, 0) is 70.2 Å². The Morgan fingerprint density at radius 3 is 1.25 bits per heavy atom. The maximum atomic E-state index is 11.2. The van der Waals surface area contributed by atoms with E-state index in [0.717, 1.165) is 55.6 Å². The fourth-order valence-corrected chi connectivity index (χ4v) is 5.56. The summed E-state index contributed by atoms with van der Waals surface area (Å²) in [6, 6.07) is 22.2. The maximum absolute atomic E-state index is 11.2. The Bertz CT molecular complexity index is 1350. The summed E-state index contributed by atoms with van der Waals surface area (Å²) in [5, 5.41) is 33.7. The van der Waals surface area contributed by atoms with Crippen molar-refractivity contribution in [1.82, 2.24) is 0 Å². The molecule has 0 spiro atoms. The molecule has 0 aliphatic heterocycles. The minimum absolute atomic E-state index is 0.157. The number of benzene rings is 4. The van der Waals surface area contributed by atoms with E-state index in [1.54, 1.807) is 0 Å². The molecule has 0 fully saturated rings. The fourth-order valence-electron chi connectivity index (χ4n) is 5.56. The van der Waals surface area contributed by atoms with Gasteiger partial charge in [0, 0.05) is 28.5 Å². The molecule has 0 amide bonds. The summed E-state index contributed by atoms with van der Waals surface area (Å²) in [5.74, 6) is 0.339. The van der Waals surface area contributed by atoms with E-state index in [1.807, 2.05) is 90.1 Å². The Hall–Kier alpha value is -3.72. The highest BCUT2D eigenvalue weighted by molar-refractivity contribution is 5.55. The minimum Gasteiger partial charge on any atom is -0.507 e. The zero-order valence-corrected chi connectivity index (χ0v) is 22.1. The monoisotopic (exact) mass is 480 g/mol. The molecule has 0 aliphatic rings. The van der Waals surface area contributed by atoms with Crippen molar-refractivity contribution in [2.45, 2.75) is 59.8 Å². The van der Waals surface area contributed by atoms with E-state index in [-0.39, 0.29) is 23.3 Å². The Morgan fingerprint density at radius 1 is 0.500 bits per heavy atom. The van der Waals surface area contributed by atoms with Crippen LogP contribution in [0.25, 0.3) is 0 Å². The molecular formula is C33H36O3. The molecule has 3 nitrogen and oxygen atoms in total. The summed E-state index contributed by atoms with van der Waals surface area (Å²) in [6.45, 7) is 11.8. The van der Waals surface area contributed by atoms with Crippen molar-refractivity contribution in [2.75, 3.05) is 0 Å². The van der Waals surface area contributed by atoms with Crippen molar-refractivity contribution in [3.63, 3.8) is 0 Å². The highest BCUT2D eigenvalue weighted by Crippen LogP contribution is 2.47. The van der Waals surface area contributed by atoms with Gasteiger partial charge in [-0.25, -0.2) is 0 Å². The highest BCUT2D eigenvalue weighted by Gasteiger charge is 2.29. The van der Waals surface area contributed by atoms with Gasteiger partial charge in [0.05, 0.1) is 0 Å². The molecule has 0 saturated carbocycles. The van der Waals surface area contributed by atoms with E-state index in [1.165, 1.54) is 0 Å². The van der Waals surface area contributed by atoms with Crippen molar-refractivity contribution in [2.24, 2.45) is 0 Å². The van der Waals surface area contributed by atoms with Crippen molar-refractivity contribution in [3.8, 4) is 17.2 Å². The number of phenolic OH excluding ortho intramolecular Hbond substituents is 3. The zero-order chi connectivity index (χ0) is 26.1. The molecule has 4 rings (SSSR count). The predicted molar refractivity (Wildman–Crippen MR) is 147 cm³/mol. The molecular weight excluding hydrogens is 444 g/mol. The van der Waals surface area contributed by atoms with E-state index < -0.39 is 0 Å². The van der Waals surface area contributed by atoms with Gasteiger partial charge >= 0.3 is 0 Å². The van der Waals surface area contributed by atoms with Gasteiger partial charge in [0.25, 0.3) is 0 Å². The van der Waals surface area contributed by atoms with Crippen LogP contribution < -0.4 is 0 Å². The average molecular weight is 481 g/mol. The van der Waals surface area contributed by atoms with Gasteiger partial charge in [0.1, 0.15) is 17.2 Å². The van der Waals surface area contributed by atoms with Crippen LogP contribution in [-0.4, -0.2) is 15.3 Å². The first-order valence-corrected chi connectivity index (χ1v) is 12.5. The lowest BCUT2D eigenvalue weighted by Crippen LogP contribution is -2.12. The number of phenols is 3.